The molecule has 0 saturated carbocycles. The van der Waals surface area contributed by atoms with Gasteiger partial charge in [-0.1, -0.05) is 6.07 Å². The van der Waals surface area contributed by atoms with E-state index in [0.717, 1.165) is 4.31 Å². The van der Waals surface area contributed by atoms with Crippen LogP contribution in [0.4, 0.5) is 5.69 Å². The predicted molar refractivity (Wildman–Crippen MR) is 105 cm³/mol. The summed E-state index contributed by atoms with van der Waals surface area (Å²) in [5, 5.41) is 0. The SMILES string of the molecule is CCOc1ccc(N(C)S(=O)(=O)c2ccc(C)c(C(=O)OCC(C)=O)c2)cc1. The summed E-state index contributed by atoms with van der Waals surface area (Å²) < 4.78 is 37.4. The number of hydrogen-bond acceptors (Lipinski definition) is 6. The Hall–Kier alpha value is -2.87. The molecule has 8 heteroatoms. The fourth-order valence-corrected chi connectivity index (χ4v) is 3.66. The van der Waals surface area contributed by atoms with Crippen LogP contribution in [0.3, 0.4) is 0 Å². The quantitative estimate of drug-likeness (QED) is 0.627. The third-order valence-corrected chi connectivity index (χ3v) is 5.79. The van der Waals surface area contributed by atoms with Crippen LogP contribution in [-0.2, 0) is 19.6 Å². The number of rotatable bonds is 8. The van der Waals surface area contributed by atoms with Gasteiger partial charge in [-0.05, 0) is 62.7 Å². The van der Waals surface area contributed by atoms with Crippen molar-refractivity contribution in [2.45, 2.75) is 25.7 Å². The van der Waals surface area contributed by atoms with E-state index in [0.29, 0.717) is 23.6 Å². The first-order valence-electron chi connectivity index (χ1n) is 8.65. The Morgan fingerprint density at radius 3 is 2.29 bits per heavy atom. The lowest BCUT2D eigenvalue weighted by molar-refractivity contribution is -0.120. The van der Waals surface area contributed by atoms with E-state index < -0.39 is 16.0 Å². The zero-order chi connectivity index (χ0) is 20.9. The predicted octanol–water partition coefficient (Wildman–Crippen LogP) is 2.96. The van der Waals surface area contributed by atoms with Crippen LogP contribution in [-0.4, -0.2) is 40.4 Å². The lowest BCUT2D eigenvalue weighted by atomic mass is 10.1. The van der Waals surface area contributed by atoms with Crippen molar-refractivity contribution in [1.29, 1.82) is 0 Å². The van der Waals surface area contributed by atoms with Crippen molar-refractivity contribution in [3.63, 3.8) is 0 Å². The molecule has 0 unspecified atom stereocenters. The van der Waals surface area contributed by atoms with E-state index in [1.54, 1.807) is 31.2 Å². The van der Waals surface area contributed by atoms with E-state index in [2.05, 4.69) is 0 Å². The van der Waals surface area contributed by atoms with Gasteiger partial charge < -0.3 is 9.47 Å². The van der Waals surface area contributed by atoms with Crippen molar-refractivity contribution in [3.8, 4) is 5.75 Å². The summed E-state index contributed by atoms with van der Waals surface area (Å²) >= 11 is 0. The van der Waals surface area contributed by atoms with Gasteiger partial charge in [0.05, 0.1) is 22.8 Å². The number of carbonyl (C=O) groups excluding carboxylic acids is 2. The molecule has 0 saturated heterocycles. The van der Waals surface area contributed by atoms with Gasteiger partial charge in [-0.15, -0.1) is 0 Å². The molecule has 0 aliphatic rings. The molecule has 0 aliphatic carbocycles. The second-order valence-corrected chi connectivity index (χ2v) is 8.12. The number of sulfonamides is 1. The Balaban J connectivity index is 2.32. The molecule has 28 heavy (non-hydrogen) atoms. The number of benzene rings is 2. The molecule has 0 N–H and O–H groups in total. The zero-order valence-corrected chi connectivity index (χ0v) is 17.1. The number of hydrogen-bond donors (Lipinski definition) is 0. The molecule has 0 amide bonds. The third-order valence-electron chi connectivity index (χ3n) is 4.01. The summed E-state index contributed by atoms with van der Waals surface area (Å²) in [6, 6.07) is 10.9. The van der Waals surface area contributed by atoms with Crippen LogP contribution >= 0.6 is 0 Å². The highest BCUT2D eigenvalue weighted by Gasteiger charge is 2.24. The highest BCUT2D eigenvalue weighted by atomic mass is 32.2. The van der Waals surface area contributed by atoms with Crippen molar-refractivity contribution in [2.75, 3.05) is 24.6 Å². The number of esters is 1. The van der Waals surface area contributed by atoms with Crippen LogP contribution in [0.5, 0.6) is 5.75 Å². The Morgan fingerprint density at radius 2 is 1.71 bits per heavy atom. The lowest BCUT2D eigenvalue weighted by Gasteiger charge is -2.20. The van der Waals surface area contributed by atoms with Crippen LogP contribution < -0.4 is 9.04 Å². The molecule has 7 nitrogen and oxygen atoms in total. The minimum atomic E-state index is -3.90. The molecule has 0 atom stereocenters. The fourth-order valence-electron chi connectivity index (χ4n) is 2.44. The van der Waals surface area contributed by atoms with Crippen LogP contribution in [0.2, 0.25) is 0 Å². The number of ketones is 1. The minimum absolute atomic E-state index is 0.0516. The van der Waals surface area contributed by atoms with Crippen LogP contribution in [0.1, 0.15) is 29.8 Å². The molecule has 0 spiro atoms. The van der Waals surface area contributed by atoms with Gasteiger partial charge in [0, 0.05) is 7.05 Å². The van der Waals surface area contributed by atoms with Gasteiger partial charge >= 0.3 is 5.97 Å². The molecule has 0 aliphatic heterocycles. The maximum Gasteiger partial charge on any atom is 0.338 e. The first kappa shape index (κ1) is 21.4. The van der Waals surface area contributed by atoms with Gasteiger partial charge in [0.25, 0.3) is 10.0 Å². The molecule has 0 heterocycles. The van der Waals surface area contributed by atoms with Crippen molar-refractivity contribution < 1.29 is 27.5 Å². The maximum absolute atomic E-state index is 13.0. The van der Waals surface area contributed by atoms with Crippen molar-refractivity contribution in [2.24, 2.45) is 0 Å². The molecule has 0 radical (unpaired) electrons. The molecule has 2 aromatic carbocycles. The number of ether oxygens (including phenoxy) is 2. The van der Waals surface area contributed by atoms with Gasteiger partial charge in [0.1, 0.15) is 12.4 Å². The highest BCUT2D eigenvalue weighted by Crippen LogP contribution is 2.26. The maximum atomic E-state index is 13.0. The van der Waals surface area contributed by atoms with Crippen molar-refractivity contribution in [1.82, 2.24) is 0 Å². The first-order valence-corrected chi connectivity index (χ1v) is 10.1. The van der Waals surface area contributed by atoms with Gasteiger partial charge in [0.15, 0.2) is 5.78 Å². The summed E-state index contributed by atoms with van der Waals surface area (Å²) in [7, 11) is -2.47. The smallest absolute Gasteiger partial charge is 0.338 e. The summed E-state index contributed by atoms with van der Waals surface area (Å²) in [5.41, 5.74) is 1.10. The number of aryl methyl sites for hydroxylation is 1. The summed E-state index contributed by atoms with van der Waals surface area (Å²) in [6.07, 6.45) is 0. The molecule has 2 rings (SSSR count). The highest BCUT2D eigenvalue weighted by molar-refractivity contribution is 7.92. The van der Waals surface area contributed by atoms with Gasteiger partial charge in [-0.3, -0.25) is 9.10 Å². The summed E-state index contributed by atoms with van der Waals surface area (Å²) in [5.74, 6) is -0.402. The van der Waals surface area contributed by atoms with Crippen molar-refractivity contribution in [3.05, 3.63) is 53.6 Å². The molecule has 0 fully saturated rings. The third kappa shape index (κ3) is 4.89. The zero-order valence-electron chi connectivity index (χ0n) is 16.3. The second kappa shape index (κ2) is 8.88. The van der Waals surface area contributed by atoms with E-state index >= 15 is 0 Å². The van der Waals surface area contributed by atoms with Gasteiger partial charge in [-0.25, -0.2) is 13.2 Å². The number of anilines is 1. The van der Waals surface area contributed by atoms with E-state index in [1.807, 2.05) is 6.92 Å². The molecule has 2 aromatic rings. The van der Waals surface area contributed by atoms with Crippen LogP contribution in [0.25, 0.3) is 0 Å². The van der Waals surface area contributed by atoms with Crippen LogP contribution in [0.15, 0.2) is 47.4 Å². The number of carbonyl (C=O) groups is 2. The first-order chi connectivity index (χ1) is 13.2. The van der Waals surface area contributed by atoms with E-state index in [-0.39, 0.29) is 22.8 Å². The summed E-state index contributed by atoms with van der Waals surface area (Å²) in [6.45, 7) is 4.98. The Bertz CT molecular complexity index is 967. The Morgan fingerprint density at radius 1 is 1.07 bits per heavy atom. The van der Waals surface area contributed by atoms with E-state index in [9.17, 15) is 18.0 Å². The summed E-state index contributed by atoms with van der Waals surface area (Å²) in [4.78, 5) is 23.2. The average Bonchev–Trinajstić information content (AvgIpc) is 2.66. The Labute approximate surface area is 164 Å². The second-order valence-electron chi connectivity index (χ2n) is 6.15. The van der Waals surface area contributed by atoms with Crippen molar-refractivity contribution >= 4 is 27.5 Å². The molecular weight excluding hydrogens is 382 g/mol. The monoisotopic (exact) mass is 405 g/mol. The molecule has 150 valence electrons. The number of Topliss-reactive ketones (excluding diaryl/α,β-unsaturated/α-hetero) is 1. The molecule has 0 bridgehead atoms. The normalized spacial score (nSPS) is 11.0. The average molecular weight is 405 g/mol. The van der Waals surface area contributed by atoms with E-state index in [1.165, 1.54) is 32.2 Å². The Kier molecular flexibility index (Phi) is 6.80. The van der Waals surface area contributed by atoms with E-state index in [4.69, 9.17) is 9.47 Å². The fraction of sp³-hybridized carbons (Fsp3) is 0.300. The minimum Gasteiger partial charge on any atom is -0.494 e. The topological polar surface area (TPSA) is 90.0 Å². The molecule has 0 aromatic heterocycles. The van der Waals surface area contributed by atoms with Gasteiger partial charge in [0.2, 0.25) is 0 Å². The van der Waals surface area contributed by atoms with Gasteiger partial charge in [-0.2, -0.15) is 0 Å². The largest absolute Gasteiger partial charge is 0.494 e. The van der Waals surface area contributed by atoms with Crippen LogP contribution in [0, 0.1) is 6.92 Å². The standard InChI is InChI=1S/C20H23NO6S/c1-5-26-17-9-7-16(8-10-17)21(4)28(24,25)18-11-6-14(2)19(12-18)20(23)27-13-15(3)22/h6-12H,5,13H2,1-4H3. The number of nitrogens with zero attached hydrogens (tertiary/aromatic N) is 1. The molecular formula is C20H23NO6S. The lowest BCUT2D eigenvalue weighted by Crippen LogP contribution is -2.27.